The molecule has 3 aromatic rings. The van der Waals surface area contributed by atoms with Gasteiger partial charge < -0.3 is 5.32 Å². The predicted octanol–water partition coefficient (Wildman–Crippen LogP) is 5.13. The van der Waals surface area contributed by atoms with Gasteiger partial charge in [0, 0.05) is 24.0 Å². The molecule has 5 rings (SSSR count). The van der Waals surface area contributed by atoms with Crippen LogP contribution in [0.25, 0.3) is 11.0 Å². The van der Waals surface area contributed by atoms with E-state index in [4.69, 9.17) is 33.2 Å². The molecule has 2 heterocycles. The van der Waals surface area contributed by atoms with Gasteiger partial charge in [-0.2, -0.15) is 0 Å². The van der Waals surface area contributed by atoms with Crippen LogP contribution in [-0.2, 0) is 10.2 Å². The van der Waals surface area contributed by atoms with Crippen LogP contribution in [0.2, 0.25) is 10.0 Å². The van der Waals surface area contributed by atoms with Crippen molar-refractivity contribution in [2.24, 2.45) is 5.41 Å². The zero-order valence-corrected chi connectivity index (χ0v) is 17.0. The summed E-state index contributed by atoms with van der Waals surface area (Å²) in [5.74, 6) is 0.135. The van der Waals surface area contributed by atoms with Gasteiger partial charge in [0.15, 0.2) is 0 Å². The molecule has 1 saturated carbocycles. The smallest absolute Gasteiger partial charge is 0.237 e. The number of nitrogens with zero attached hydrogens (tertiary/aromatic N) is 3. The van der Waals surface area contributed by atoms with Gasteiger partial charge in [-0.1, -0.05) is 37.0 Å². The Labute approximate surface area is 172 Å². The summed E-state index contributed by atoms with van der Waals surface area (Å²) < 4.78 is 0. The van der Waals surface area contributed by atoms with Gasteiger partial charge in [-0.3, -0.25) is 9.78 Å². The molecule has 7 heteroatoms. The molecule has 2 atom stereocenters. The summed E-state index contributed by atoms with van der Waals surface area (Å²) >= 11 is 12.4. The number of anilines is 1. The first-order chi connectivity index (χ1) is 13.3. The molecule has 0 radical (unpaired) electrons. The first kappa shape index (κ1) is 17.8. The van der Waals surface area contributed by atoms with Gasteiger partial charge in [0.05, 0.1) is 37.9 Å². The molecule has 28 heavy (non-hydrogen) atoms. The van der Waals surface area contributed by atoms with E-state index in [1.807, 2.05) is 0 Å². The summed E-state index contributed by atoms with van der Waals surface area (Å²) in [7, 11) is 0. The van der Waals surface area contributed by atoms with E-state index in [2.05, 4.69) is 24.1 Å². The maximum atomic E-state index is 13.6. The third kappa shape index (κ3) is 2.20. The van der Waals surface area contributed by atoms with E-state index in [1.165, 1.54) is 0 Å². The lowest BCUT2D eigenvalue weighted by Gasteiger charge is -2.36. The molecule has 2 unspecified atom stereocenters. The topological polar surface area (TPSA) is 67.8 Å². The highest BCUT2D eigenvalue weighted by molar-refractivity contribution is 6.42. The lowest BCUT2D eigenvalue weighted by Crippen LogP contribution is -2.46. The molecular formula is C21H18Cl2N4O. The minimum atomic E-state index is -0.733. The Balaban J connectivity index is 1.69. The number of hydrogen-bond donors (Lipinski definition) is 1. The van der Waals surface area contributed by atoms with Gasteiger partial charge in [0.2, 0.25) is 5.91 Å². The number of fused-ring (bicyclic) bond motifs is 6. The number of pyridine rings is 1. The lowest BCUT2D eigenvalue weighted by molar-refractivity contribution is -0.124. The van der Waals surface area contributed by atoms with Crippen molar-refractivity contribution in [1.82, 2.24) is 15.0 Å². The van der Waals surface area contributed by atoms with E-state index in [-0.39, 0.29) is 17.2 Å². The van der Waals surface area contributed by atoms with E-state index < -0.39 is 5.41 Å². The first-order valence-electron chi connectivity index (χ1n) is 9.23. The SMILES string of the molecule is CC1(C)C2CCC1(C(=O)Nc1ccncc1)c1nc3cc(Cl)c(Cl)cc3nc12. The first-order valence-corrected chi connectivity index (χ1v) is 9.99. The van der Waals surface area contributed by atoms with Crippen molar-refractivity contribution >= 4 is 45.8 Å². The Morgan fingerprint density at radius 2 is 1.75 bits per heavy atom. The minimum absolute atomic E-state index is 0.0429. The lowest BCUT2D eigenvalue weighted by atomic mass is 9.67. The van der Waals surface area contributed by atoms with Crippen LogP contribution in [0.1, 0.15) is 44.0 Å². The number of benzene rings is 1. The van der Waals surface area contributed by atoms with Gasteiger partial charge in [0.25, 0.3) is 0 Å². The highest BCUT2D eigenvalue weighted by Crippen LogP contribution is 2.67. The van der Waals surface area contributed by atoms with Crippen LogP contribution in [0, 0.1) is 5.41 Å². The van der Waals surface area contributed by atoms with E-state index in [1.54, 1.807) is 36.7 Å². The Morgan fingerprint density at radius 3 is 2.43 bits per heavy atom. The number of rotatable bonds is 2. The fraction of sp³-hybridized carbons (Fsp3) is 0.333. The van der Waals surface area contributed by atoms with E-state index >= 15 is 0 Å². The quantitative estimate of drug-likeness (QED) is 0.633. The molecule has 0 saturated heterocycles. The van der Waals surface area contributed by atoms with Gasteiger partial charge in [-0.25, -0.2) is 9.97 Å². The van der Waals surface area contributed by atoms with Crippen molar-refractivity contribution in [3.05, 3.63) is 58.1 Å². The summed E-state index contributed by atoms with van der Waals surface area (Å²) in [6.07, 6.45) is 4.98. The molecule has 0 aliphatic heterocycles. The van der Waals surface area contributed by atoms with Crippen LogP contribution in [0.3, 0.4) is 0 Å². The monoisotopic (exact) mass is 412 g/mol. The summed E-state index contributed by atoms with van der Waals surface area (Å²) in [5.41, 5.74) is 2.75. The number of aromatic nitrogens is 3. The van der Waals surface area contributed by atoms with Crippen LogP contribution in [-0.4, -0.2) is 20.9 Å². The zero-order chi connectivity index (χ0) is 19.7. The van der Waals surface area contributed by atoms with Crippen LogP contribution in [0.4, 0.5) is 5.69 Å². The fourth-order valence-electron chi connectivity index (χ4n) is 5.05. The maximum Gasteiger partial charge on any atom is 0.237 e. The van der Waals surface area contributed by atoms with Crippen molar-refractivity contribution in [3.8, 4) is 0 Å². The molecule has 142 valence electrons. The Hall–Kier alpha value is -2.24. The van der Waals surface area contributed by atoms with Crippen molar-refractivity contribution in [1.29, 1.82) is 0 Å². The van der Waals surface area contributed by atoms with Crippen molar-refractivity contribution in [2.45, 2.75) is 38.0 Å². The Kier molecular flexibility index (Phi) is 3.74. The second-order valence-electron chi connectivity index (χ2n) is 8.12. The molecule has 2 aliphatic carbocycles. The normalized spacial score (nSPS) is 24.4. The summed E-state index contributed by atoms with van der Waals surface area (Å²) in [6, 6.07) is 7.05. The number of hydrogen-bond acceptors (Lipinski definition) is 4. The minimum Gasteiger partial charge on any atom is -0.325 e. The summed E-state index contributed by atoms with van der Waals surface area (Å²) in [5, 5.41) is 3.96. The molecule has 1 amide bonds. The average molecular weight is 413 g/mol. The second-order valence-corrected chi connectivity index (χ2v) is 8.94. The van der Waals surface area contributed by atoms with E-state index in [0.29, 0.717) is 21.1 Å². The number of halogens is 2. The molecule has 1 aromatic carbocycles. The summed E-state index contributed by atoms with van der Waals surface area (Å²) in [4.78, 5) is 27.4. The molecular weight excluding hydrogens is 395 g/mol. The average Bonchev–Trinajstić information content (AvgIpc) is 3.04. The van der Waals surface area contributed by atoms with Crippen LogP contribution in [0.5, 0.6) is 0 Å². The molecule has 2 bridgehead atoms. The molecule has 1 fully saturated rings. The number of amides is 1. The molecule has 2 aliphatic rings. The fourth-order valence-corrected chi connectivity index (χ4v) is 5.37. The van der Waals surface area contributed by atoms with Gasteiger partial charge >= 0.3 is 0 Å². The Bertz CT molecular complexity index is 1130. The third-order valence-electron chi connectivity index (χ3n) is 6.57. The second kappa shape index (κ2) is 5.88. The highest BCUT2D eigenvalue weighted by Gasteiger charge is 2.67. The standard InChI is InChI=1S/C21H18Cl2N4O/c1-20(2)12-3-6-21(20,19(28)25-11-4-7-24-8-5-11)18-17(12)26-15-9-13(22)14(23)10-16(15)27-18/h4-5,7-10,12H,3,6H2,1-2H3,(H,24,25,28). The van der Waals surface area contributed by atoms with Crippen molar-refractivity contribution < 1.29 is 4.79 Å². The van der Waals surface area contributed by atoms with Crippen molar-refractivity contribution in [3.63, 3.8) is 0 Å². The summed E-state index contributed by atoms with van der Waals surface area (Å²) in [6.45, 7) is 4.29. The van der Waals surface area contributed by atoms with Crippen molar-refractivity contribution in [2.75, 3.05) is 5.32 Å². The van der Waals surface area contributed by atoms with Gasteiger partial charge in [-0.05, 0) is 42.5 Å². The predicted molar refractivity (Wildman–Crippen MR) is 110 cm³/mol. The molecule has 2 aromatic heterocycles. The number of carbonyl (C=O) groups is 1. The van der Waals surface area contributed by atoms with Gasteiger partial charge in [0.1, 0.15) is 0 Å². The Morgan fingerprint density at radius 1 is 1.11 bits per heavy atom. The van der Waals surface area contributed by atoms with Crippen LogP contribution < -0.4 is 5.32 Å². The van der Waals surface area contributed by atoms with Crippen LogP contribution in [0.15, 0.2) is 36.7 Å². The van der Waals surface area contributed by atoms with E-state index in [9.17, 15) is 4.79 Å². The zero-order valence-electron chi connectivity index (χ0n) is 15.5. The molecule has 1 N–H and O–H groups in total. The number of nitrogens with one attached hydrogen (secondary N) is 1. The van der Waals surface area contributed by atoms with Gasteiger partial charge in [-0.15, -0.1) is 0 Å². The maximum absolute atomic E-state index is 13.6. The molecule has 5 nitrogen and oxygen atoms in total. The third-order valence-corrected chi connectivity index (χ3v) is 7.29. The molecule has 0 spiro atoms. The van der Waals surface area contributed by atoms with E-state index in [0.717, 1.165) is 29.9 Å². The van der Waals surface area contributed by atoms with Crippen LogP contribution >= 0.6 is 23.2 Å². The number of carbonyl (C=O) groups excluding carboxylic acids is 1. The largest absolute Gasteiger partial charge is 0.325 e. The highest BCUT2D eigenvalue weighted by atomic mass is 35.5.